The van der Waals surface area contributed by atoms with Gasteiger partial charge in [0.2, 0.25) is 0 Å². The molecule has 4 nitrogen and oxygen atoms in total. The van der Waals surface area contributed by atoms with Crippen LogP contribution in [0.5, 0.6) is 0 Å². The Bertz CT molecular complexity index is 505. The highest BCUT2D eigenvalue weighted by Crippen LogP contribution is 2.25. The minimum atomic E-state index is 0.141. The first-order chi connectivity index (χ1) is 8.31. The van der Waals surface area contributed by atoms with Gasteiger partial charge in [0.25, 0.3) is 0 Å². The molecular formula is C12H12BrN3O. The van der Waals surface area contributed by atoms with Gasteiger partial charge in [-0.3, -0.25) is 0 Å². The van der Waals surface area contributed by atoms with Crippen molar-refractivity contribution >= 4 is 15.9 Å². The molecule has 0 aliphatic carbocycles. The van der Waals surface area contributed by atoms with Gasteiger partial charge in [0.05, 0.1) is 11.9 Å². The molecule has 0 bridgehead atoms. The van der Waals surface area contributed by atoms with E-state index in [0.717, 1.165) is 15.7 Å². The van der Waals surface area contributed by atoms with Crippen LogP contribution in [-0.2, 0) is 6.42 Å². The number of benzene rings is 1. The summed E-state index contributed by atoms with van der Waals surface area (Å²) in [4.78, 5) is 4.43. The van der Waals surface area contributed by atoms with E-state index in [4.69, 9.17) is 5.11 Å². The predicted molar refractivity (Wildman–Crippen MR) is 68.4 cm³/mol. The van der Waals surface area contributed by atoms with Gasteiger partial charge in [-0.05, 0) is 12.5 Å². The Morgan fingerprint density at radius 3 is 2.82 bits per heavy atom. The Morgan fingerprint density at radius 1 is 1.24 bits per heavy atom. The second-order valence-corrected chi connectivity index (χ2v) is 4.42. The molecule has 1 N–H and O–H groups in total. The minimum absolute atomic E-state index is 0.141. The van der Waals surface area contributed by atoms with Gasteiger partial charge in [-0.1, -0.05) is 34.1 Å². The van der Waals surface area contributed by atoms with E-state index in [0.29, 0.717) is 18.7 Å². The molecule has 5 heteroatoms. The number of aliphatic hydroxyl groups excluding tert-OH is 1. The Labute approximate surface area is 108 Å². The SMILES string of the molecule is OCCCc1nncc(-c2ccccc2Br)n1. The van der Waals surface area contributed by atoms with Crippen molar-refractivity contribution in [3.8, 4) is 11.3 Å². The zero-order chi connectivity index (χ0) is 12.1. The molecule has 0 aliphatic rings. The molecule has 0 radical (unpaired) electrons. The van der Waals surface area contributed by atoms with Crippen molar-refractivity contribution in [1.82, 2.24) is 15.2 Å². The standard InChI is InChI=1S/C12H12BrN3O/c13-10-5-2-1-4-9(10)11-8-14-16-12(15-11)6-3-7-17/h1-2,4-5,8,17H,3,6-7H2. The van der Waals surface area contributed by atoms with Crippen LogP contribution in [0.15, 0.2) is 34.9 Å². The number of hydrogen-bond acceptors (Lipinski definition) is 4. The topological polar surface area (TPSA) is 58.9 Å². The van der Waals surface area contributed by atoms with Crippen LogP contribution in [0.4, 0.5) is 0 Å². The maximum atomic E-state index is 8.77. The van der Waals surface area contributed by atoms with Crippen LogP contribution in [0.3, 0.4) is 0 Å². The van der Waals surface area contributed by atoms with E-state index in [1.54, 1.807) is 6.20 Å². The first-order valence-corrected chi connectivity index (χ1v) is 6.15. The van der Waals surface area contributed by atoms with E-state index in [-0.39, 0.29) is 6.61 Å². The van der Waals surface area contributed by atoms with E-state index in [9.17, 15) is 0 Å². The number of aliphatic hydroxyl groups is 1. The highest BCUT2D eigenvalue weighted by atomic mass is 79.9. The highest BCUT2D eigenvalue weighted by Gasteiger charge is 2.06. The number of halogens is 1. The van der Waals surface area contributed by atoms with Crippen LogP contribution >= 0.6 is 15.9 Å². The fourth-order valence-electron chi connectivity index (χ4n) is 1.48. The van der Waals surface area contributed by atoms with Crippen LogP contribution in [0.2, 0.25) is 0 Å². The summed E-state index contributed by atoms with van der Waals surface area (Å²) in [6.45, 7) is 0.141. The molecule has 0 saturated carbocycles. The maximum absolute atomic E-state index is 8.77. The molecular weight excluding hydrogens is 282 g/mol. The maximum Gasteiger partial charge on any atom is 0.151 e. The van der Waals surface area contributed by atoms with E-state index in [2.05, 4.69) is 31.1 Å². The first kappa shape index (κ1) is 12.1. The smallest absolute Gasteiger partial charge is 0.151 e. The second kappa shape index (κ2) is 5.84. The molecule has 0 atom stereocenters. The molecule has 2 aromatic rings. The molecule has 0 unspecified atom stereocenters. The Kier molecular flexibility index (Phi) is 4.17. The van der Waals surface area contributed by atoms with E-state index in [1.165, 1.54) is 0 Å². The average molecular weight is 294 g/mol. The van der Waals surface area contributed by atoms with Crippen molar-refractivity contribution in [2.45, 2.75) is 12.8 Å². The first-order valence-electron chi connectivity index (χ1n) is 5.35. The van der Waals surface area contributed by atoms with Gasteiger partial charge in [0.15, 0.2) is 5.82 Å². The third kappa shape index (κ3) is 3.08. The summed E-state index contributed by atoms with van der Waals surface area (Å²) in [5.74, 6) is 0.660. The molecule has 88 valence electrons. The lowest BCUT2D eigenvalue weighted by atomic mass is 10.2. The zero-order valence-corrected chi connectivity index (χ0v) is 10.8. The summed E-state index contributed by atoms with van der Waals surface area (Å²) in [5, 5.41) is 16.7. The molecule has 17 heavy (non-hydrogen) atoms. The molecule has 2 rings (SSSR count). The summed E-state index contributed by atoms with van der Waals surface area (Å²) >= 11 is 3.48. The summed E-state index contributed by atoms with van der Waals surface area (Å²) < 4.78 is 0.980. The monoisotopic (exact) mass is 293 g/mol. The van der Waals surface area contributed by atoms with Crippen LogP contribution < -0.4 is 0 Å². The number of rotatable bonds is 4. The fourth-order valence-corrected chi connectivity index (χ4v) is 1.97. The number of nitrogens with zero attached hydrogens (tertiary/aromatic N) is 3. The van der Waals surface area contributed by atoms with Crippen molar-refractivity contribution in [1.29, 1.82) is 0 Å². The molecule has 1 aromatic carbocycles. The van der Waals surface area contributed by atoms with Gasteiger partial charge in [0, 0.05) is 23.1 Å². The lowest BCUT2D eigenvalue weighted by Gasteiger charge is -2.04. The third-order valence-electron chi connectivity index (χ3n) is 2.31. The Balaban J connectivity index is 2.30. The van der Waals surface area contributed by atoms with Gasteiger partial charge in [-0.25, -0.2) is 4.98 Å². The summed E-state index contributed by atoms with van der Waals surface area (Å²) in [6, 6.07) is 7.85. The van der Waals surface area contributed by atoms with E-state index < -0.39 is 0 Å². The lowest BCUT2D eigenvalue weighted by molar-refractivity contribution is 0.287. The summed E-state index contributed by atoms with van der Waals surface area (Å²) in [7, 11) is 0. The van der Waals surface area contributed by atoms with Crippen LogP contribution in [0.1, 0.15) is 12.2 Å². The quantitative estimate of drug-likeness (QED) is 0.939. The molecule has 0 saturated heterocycles. The van der Waals surface area contributed by atoms with Crippen molar-refractivity contribution in [2.24, 2.45) is 0 Å². The van der Waals surface area contributed by atoms with Crippen LogP contribution in [0.25, 0.3) is 11.3 Å². The average Bonchev–Trinajstić information content (AvgIpc) is 2.37. The van der Waals surface area contributed by atoms with Gasteiger partial charge in [0.1, 0.15) is 0 Å². The second-order valence-electron chi connectivity index (χ2n) is 3.56. The molecule has 1 heterocycles. The van der Waals surface area contributed by atoms with Gasteiger partial charge < -0.3 is 5.11 Å². The van der Waals surface area contributed by atoms with E-state index >= 15 is 0 Å². The summed E-state index contributed by atoms with van der Waals surface area (Å²) in [5.41, 5.74) is 1.79. The predicted octanol–water partition coefficient (Wildman–Crippen LogP) is 2.23. The molecule has 0 amide bonds. The number of hydrogen-bond donors (Lipinski definition) is 1. The lowest BCUT2D eigenvalue weighted by Crippen LogP contribution is -2.00. The zero-order valence-electron chi connectivity index (χ0n) is 9.17. The normalized spacial score (nSPS) is 10.5. The van der Waals surface area contributed by atoms with Crippen molar-refractivity contribution in [3.05, 3.63) is 40.8 Å². The number of aromatic nitrogens is 3. The van der Waals surface area contributed by atoms with Crippen molar-refractivity contribution in [2.75, 3.05) is 6.61 Å². The molecule has 1 aromatic heterocycles. The van der Waals surface area contributed by atoms with Crippen molar-refractivity contribution < 1.29 is 5.11 Å². The number of aryl methyl sites for hydroxylation is 1. The Hall–Kier alpha value is -1.33. The van der Waals surface area contributed by atoms with Crippen molar-refractivity contribution in [3.63, 3.8) is 0 Å². The molecule has 0 fully saturated rings. The third-order valence-corrected chi connectivity index (χ3v) is 3.00. The van der Waals surface area contributed by atoms with Crippen LogP contribution in [-0.4, -0.2) is 26.9 Å². The summed E-state index contributed by atoms with van der Waals surface area (Å²) in [6.07, 6.45) is 2.94. The van der Waals surface area contributed by atoms with E-state index in [1.807, 2.05) is 24.3 Å². The fraction of sp³-hybridized carbons (Fsp3) is 0.250. The Morgan fingerprint density at radius 2 is 2.06 bits per heavy atom. The minimum Gasteiger partial charge on any atom is -0.396 e. The highest BCUT2D eigenvalue weighted by molar-refractivity contribution is 9.10. The molecule has 0 aliphatic heterocycles. The largest absolute Gasteiger partial charge is 0.396 e. The molecule has 0 spiro atoms. The van der Waals surface area contributed by atoms with Gasteiger partial charge in [-0.15, -0.1) is 5.10 Å². The van der Waals surface area contributed by atoms with Crippen LogP contribution in [0, 0.1) is 0 Å². The van der Waals surface area contributed by atoms with Gasteiger partial charge in [-0.2, -0.15) is 5.10 Å². The van der Waals surface area contributed by atoms with Gasteiger partial charge >= 0.3 is 0 Å².